The summed E-state index contributed by atoms with van der Waals surface area (Å²) in [6, 6.07) is 10.7. The van der Waals surface area contributed by atoms with E-state index >= 15 is 0 Å². The summed E-state index contributed by atoms with van der Waals surface area (Å²) in [5.74, 6) is -0.623. The Hall–Kier alpha value is -5.45. The minimum atomic E-state index is -1.46. The number of ether oxygens (including phenoxy) is 1. The lowest BCUT2D eigenvalue weighted by Crippen LogP contribution is -2.53. The largest absolute Gasteiger partial charge is 0.483 e. The second-order valence-electron chi connectivity index (χ2n) is 14.3. The van der Waals surface area contributed by atoms with Gasteiger partial charge < -0.3 is 20.5 Å². The van der Waals surface area contributed by atoms with Crippen LogP contribution in [0.25, 0.3) is 5.00 Å². The fourth-order valence-corrected chi connectivity index (χ4v) is 8.75. The maximum absolute atomic E-state index is 13.3. The van der Waals surface area contributed by atoms with E-state index in [2.05, 4.69) is 40.0 Å². The fourth-order valence-electron chi connectivity index (χ4n) is 7.41. The van der Waals surface area contributed by atoms with E-state index in [0.29, 0.717) is 23.9 Å². The van der Waals surface area contributed by atoms with Crippen LogP contribution in [0.5, 0.6) is 5.75 Å². The Bertz CT molecular complexity index is 2270. The molecule has 15 nitrogen and oxygen atoms in total. The van der Waals surface area contributed by atoms with Crippen molar-refractivity contribution in [2.45, 2.75) is 84.0 Å². The second kappa shape index (κ2) is 17.0. The lowest BCUT2D eigenvalue weighted by molar-refractivity contribution is -0.139. The Morgan fingerprint density at radius 3 is 2.42 bits per heavy atom. The van der Waals surface area contributed by atoms with E-state index in [-0.39, 0.29) is 54.6 Å². The molecule has 3 unspecified atom stereocenters. The van der Waals surface area contributed by atoms with Crippen molar-refractivity contribution in [3.63, 3.8) is 0 Å². The van der Waals surface area contributed by atoms with Gasteiger partial charge in [-0.2, -0.15) is 0 Å². The number of amides is 5. The van der Waals surface area contributed by atoms with Crippen molar-refractivity contribution in [2.24, 2.45) is 4.99 Å². The molecule has 0 bridgehead atoms. The van der Waals surface area contributed by atoms with Gasteiger partial charge in [0.05, 0.1) is 23.3 Å². The maximum atomic E-state index is 13.3. The van der Waals surface area contributed by atoms with E-state index in [1.165, 1.54) is 10.9 Å². The zero-order valence-corrected chi connectivity index (χ0v) is 33.3. The number of carbonyl (C=O) groups excluding carboxylic acids is 5. The highest BCUT2D eigenvalue weighted by Gasteiger charge is 2.46. The van der Waals surface area contributed by atoms with Crippen molar-refractivity contribution in [2.75, 3.05) is 19.7 Å². The molecule has 3 aliphatic rings. The van der Waals surface area contributed by atoms with Crippen molar-refractivity contribution in [1.29, 1.82) is 0 Å². The van der Waals surface area contributed by atoms with Crippen LogP contribution in [-0.4, -0.2) is 85.8 Å². The Balaban J connectivity index is 0.854. The predicted molar refractivity (Wildman–Crippen MR) is 212 cm³/mol. The van der Waals surface area contributed by atoms with Gasteiger partial charge in [0.2, 0.25) is 17.7 Å². The molecule has 5 heterocycles. The molecule has 0 radical (unpaired) electrons. The minimum Gasteiger partial charge on any atom is -0.483 e. The molecule has 3 atom stereocenters. The molecule has 0 aliphatic carbocycles. The third kappa shape index (κ3) is 8.20. The number of aromatic nitrogens is 3. The number of thiophene rings is 1. The van der Waals surface area contributed by atoms with Crippen molar-refractivity contribution < 1.29 is 33.8 Å². The quantitative estimate of drug-likeness (QED) is 0.106. The summed E-state index contributed by atoms with van der Waals surface area (Å²) < 4.78 is 7.73. The monoisotopic (exact) mass is 814 g/mol. The van der Waals surface area contributed by atoms with Gasteiger partial charge in [0.25, 0.3) is 11.8 Å². The minimum absolute atomic E-state index is 0.0519. The Labute approximate surface area is 337 Å². The number of aryl methyl sites for hydroxylation is 2. The number of aliphatic hydroxyl groups excluding tert-OH is 1. The number of benzene rings is 2. The molecule has 1 fully saturated rings. The Morgan fingerprint density at radius 2 is 1.70 bits per heavy atom. The first-order chi connectivity index (χ1) is 27.4. The van der Waals surface area contributed by atoms with Crippen LogP contribution in [0.3, 0.4) is 0 Å². The molecule has 0 spiro atoms. The lowest BCUT2D eigenvalue weighted by Gasteiger charge is -2.32. The molecule has 5 amide bonds. The van der Waals surface area contributed by atoms with Crippen molar-refractivity contribution in [3.8, 4) is 10.8 Å². The smallest absolute Gasteiger partial charge is 0.257 e. The van der Waals surface area contributed by atoms with Gasteiger partial charge in [0, 0.05) is 40.5 Å². The standard InChI is InChI=1S/C40H43ClN8O7S/c1-21-22(2)57-40-33(21)35(24-11-13-25(41)14-12-24)44-27(36-47-46-23(3)48(36)40)19-31(51)42-17-6-4-5-7-18-43-32(52)20-56-29-10-8-9-26-34(29)39(55)49(38(26)54)28-15-16-30(50)45-37(28)53/h8-14,27-28,39,55H,4-7,15-20H2,1-3H3,(H,42,51)(H,43,52)(H,45,50,53). The van der Waals surface area contributed by atoms with Gasteiger partial charge in [0.15, 0.2) is 18.7 Å². The average Bonchev–Trinajstić information content (AvgIpc) is 3.76. The first-order valence-corrected chi connectivity index (χ1v) is 20.1. The number of nitrogens with zero attached hydrogens (tertiary/aromatic N) is 5. The number of aliphatic imine (C=N–C) groups is 1. The molecule has 2 aromatic carbocycles. The van der Waals surface area contributed by atoms with E-state index in [0.717, 1.165) is 63.8 Å². The number of rotatable bonds is 14. The highest BCUT2D eigenvalue weighted by atomic mass is 35.5. The number of piperidine rings is 1. The van der Waals surface area contributed by atoms with Crippen LogP contribution in [0.15, 0.2) is 47.5 Å². The number of halogens is 1. The maximum Gasteiger partial charge on any atom is 0.257 e. The van der Waals surface area contributed by atoms with Gasteiger partial charge in [-0.15, -0.1) is 21.5 Å². The van der Waals surface area contributed by atoms with Crippen LogP contribution in [0, 0.1) is 20.8 Å². The molecule has 17 heteroatoms. The summed E-state index contributed by atoms with van der Waals surface area (Å²) in [4.78, 5) is 70.3. The number of nitrogens with one attached hydrogen (secondary N) is 3. The third-order valence-corrected chi connectivity index (χ3v) is 11.9. The van der Waals surface area contributed by atoms with Gasteiger partial charge in [-0.3, -0.25) is 43.7 Å². The van der Waals surface area contributed by atoms with Gasteiger partial charge in [-0.05, 0) is 69.9 Å². The van der Waals surface area contributed by atoms with Crippen LogP contribution < -0.4 is 20.7 Å². The predicted octanol–water partition coefficient (Wildman–Crippen LogP) is 4.31. The number of imide groups is 1. The van der Waals surface area contributed by atoms with Crippen molar-refractivity contribution >= 4 is 58.2 Å². The molecular weight excluding hydrogens is 772 g/mol. The van der Waals surface area contributed by atoms with Crippen LogP contribution in [0.4, 0.5) is 0 Å². The van der Waals surface area contributed by atoms with E-state index in [4.69, 9.17) is 21.3 Å². The summed E-state index contributed by atoms with van der Waals surface area (Å²) in [7, 11) is 0. The first-order valence-electron chi connectivity index (χ1n) is 18.9. The molecule has 3 aliphatic heterocycles. The highest BCUT2D eigenvalue weighted by Crippen LogP contribution is 2.41. The lowest BCUT2D eigenvalue weighted by atomic mass is 9.99. The van der Waals surface area contributed by atoms with Crippen molar-refractivity contribution in [1.82, 2.24) is 35.6 Å². The molecule has 2 aromatic heterocycles. The SMILES string of the molecule is Cc1sc2c(c1C)C(c1ccc(Cl)cc1)=NC(CC(=O)NCCCCCCNC(=O)COc1cccc3c1C(O)N(C1CCC(=O)NC1=O)C3=O)c1nnc(C)n1-2. The van der Waals surface area contributed by atoms with Crippen LogP contribution in [0.1, 0.15) is 106 Å². The second-order valence-corrected chi connectivity index (χ2v) is 15.9. The third-order valence-electron chi connectivity index (χ3n) is 10.4. The van der Waals surface area contributed by atoms with E-state index in [1.807, 2.05) is 35.8 Å². The summed E-state index contributed by atoms with van der Waals surface area (Å²) in [6.45, 7) is 6.65. The summed E-state index contributed by atoms with van der Waals surface area (Å²) in [5.41, 5.74) is 4.18. The molecule has 0 saturated carbocycles. The van der Waals surface area contributed by atoms with E-state index in [9.17, 15) is 29.1 Å². The normalized spacial score (nSPS) is 18.6. The zero-order chi connectivity index (χ0) is 40.4. The number of carbonyl (C=O) groups is 5. The van der Waals surface area contributed by atoms with E-state index in [1.54, 1.807) is 23.5 Å². The molecule has 4 N–H and O–H groups in total. The number of hydrogen-bond acceptors (Lipinski definition) is 11. The Morgan fingerprint density at radius 1 is 0.982 bits per heavy atom. The zero-order valence-electron chi connectivity index (χ0n) is 31.8. The molecule has 57 heavy (non-hydrogen) atoms. The molecule has 1 saturated heterocycles. The van der Waals surface area contributed by atoms with Gasteiger partial charge in [-0.25, -0.2) is 0 Å². The molecule has 7 rings (SSSR count). The Kier molecular flexibility index (Phi) is 11.8. The molecular formula is C40H43ClN8O7S. The van der Waals surface area contributed by atoms with Gasteiger partial charge >= 0.3 is 0 Å². The highest BCUT2D eigenvalue weighted by molar-refractivity contribution is 7.15. The molecule has 4 aromatic rings. The van der Waals surface area contributed by atoms with E-state index < -0.39 is 36.0 Å². The molecule has 298 valence electrons. The number of hydrogen-bond donors (Lipinski definition) is 4. The van der Waals surface area contributed by atoms with Crippen LogP contribution in [0.2, 0.25) is 5.02 Å². The summed E-state index contributed by atoms with van der Waals surface area (Å²) in [5, 5.41) is 29.5. The van der Waals surface area contributed by atoms with Gasteiger partial charge in [-0.1, -0.05) is 42.6 Å². The topological polar surface area (TPSA) is 197 Å². The van der Waals surface area contributed by atoms with Gasteiger partial charge in [0.1, 0.15) is 28.7 Å². The summed E-state index contributed by atoms with van der Waals surface area (Å²) in [6.07, 6.45) is 1.94. The number of aliphatic hydroxyl groups is 1. The number of unbranched alkanes of at least 4 members (excludes halogenated alkanes) is 3. The average molecular weight is 815 g/mol. The van der Waals surface area contributed by atoms with Crippen molar-refractivity contribution in [3.05, 3.63) is 91.8 Å². The van der Waals surface area contributed by atoms with Crippen LogP contribution in [-0.2, 0) is 19.2 Å². The first kappa shape index (κ1) is 39.8. The summed E-state index contributed by atoms with van der Waals surface area (Å²) >= 11 is 7.87. The fraction of sp³-hybridized carbons (Fsp3) is 0.400. The number of fused-ring (bicyclic) bond motifs is 4. The van der Waals surface area contributed by atoms with Crippen LogP contribution >= 0.6 is 22.9 Å².